The fourth-order valence-corrected chi connectivity index (χ4v) is 4.89. The Kier molecular flexibility index (Phi) is 8.86. The van der Waals surface area contributed by atoms with Gasteiger partial charge in [-0.2, -0.15) is 4.31 Å². The van der Waals surface area contributed by atoms with Crippen molar-refractivity contribution in [2.75, 3.05) is 20.1 Å². The minimum Gasteiger partial charge on any atom is -0.359 e. The maximum Gasteiger partial charge on any atom is 0.243 e. The number of hydrogen-bond acceptors (Lipinski definition) is 3. The molecule has 0 fully saturated rings. The third-order valence-electron chi connectivity index (χ3n) is 4.87. The third kappa shape index (κ3) is 6.41. The van der Waals surface area contributed by atoms with Gasteiger partial charge in [0.1, 0.15) is 0 Å². The second kappa shape index (κ2) is 11.1. The van der Waals surface area contributed by atoms with E-state index in [4.69, 9.17) is 0 Å². The van der Waals surface area contributed by atoms with Crippen molar-refractivity contribution < 1.29 is 13.2 Å². The van der Waals surface area contributed by atoms with Crippen molar-refractivity contribution in [2.24, 2.45) is 0 Å². The van der Waals surface area contributed by atoms with Gasteiger partial charge in [-0.15, -0.1) is 0 Å². The molecule has 2 rings (SSSR count). The summed E-state index contributed by atoms with van der Waals surface area (Å²) in [6.07, 6.45) is 3.80. The van der Waals surface area contributed by atoms with E-state index in [1.807, 2.05) is 38.1 Å². The minimum absolute atomic E-state index is 0.0631. The van der Waals surface area contributed by atoms with Crippen LogP contribution in [0.4, 0.5) is 0 Å². The second-order valence-corrected chi connectivity index (χ2v) is 9.09. The summed E-state index contributed by atoms with van der Waals surface area (Å²) in [5.74, 6) is 0.0631. The number of hydrogen-bond donors (Lipinski definition) is 1. The Morgan fingerprint density at radius 1 is 0.897 bits per heavy atom. The molecule has 1 amide bonds. The number of nitrogens with zero attached hydrogens (tertiary/aromatic N) is 1. The summed E-state index contributed by atoms with van der Waals surface area (Å²) in [5, 5.41) is 2.63. The van der Waals surface area contributed by atoms with Crippen LogP contribution in [0.15, 0.2) is 53.4 Å². The van der Waals surface area contributed by atoms with E-state index in [1.54, 1.807) is 23.5 Å². The van der Waals surface area contributed by atoms with Gasteiger partial charge in [0.05, 0.1) is 4.90 Å². The molecule has 1 N–H and O–H groups in total. The molecule has 0 aliphatic rings. The number of carbonyl (C=O) groups excluding carboxylic acids is 1. The predicted octanol–water partition coefficient (Wildman–Crippen LogP) is 4.23. The van der Waals surface area contributed by atoms with Gasteiger partial charge in [-0.05, 0) is 54.5 Å². The lowest BCUT2D eigenvalue weighted by Gasteiger charge is -2.21. The number of benzene rings is 2. The van der Waals surface area contributed by atoms with Gasteiger partial charge in [-0.3, -0.25) is 4.79 Å². The van der Waals surface area contributed by atoms with Crippen molar-refractivity contribution in [1.82, 2.24) is 9.62 Å². The molecule has 2 aromatic carbocycles. The van der Waals surface area contributed by atoms with E-state index < -0.39 is 10.0 Å². The summed E-state index contributed by atoms with van der Waals surface area (Å²) in [4.78, 5) is 11.6. The zero-order chi connectivity index (χ0) is 21.3. The Hall–Kier alpha value is -2.18. The van der Waals surface area contributed by atoms with Crippen LogP contribution in [0.1, 0.15) is 45.1 Å². The van der Waals surface area contributed by atoms with Crippen LogP contribution in [0.5, 0.6) is 0 Å². The molecule has 0 heterocycles. The molecule has 0 bridgehead atoms. The van der Waals surface area contributed by atoms with Crippen LogP contribution in [0, 0.1) is 0 Å². The first kappa shape index (κ1) is 23.1. The van der Waals surface area contributed by atoms with Gasteiger partial charge < -0.3 is 5.32 Å². The van der Waals surface area contributed by atoms with Gasteiger partial charge in [0, 0.05) is 26.6 Å². The van der Waals surface area contributed by atoms with Crippen LogP contribution < -0.4 is 5.32 Å². The number of nitrogens with one attached hydrogen (secondary N) is 1. The first-order chi connectivity index (χ1) is 13.9. The number of rotatable bonds is 11. The normalized spacial score (nSPS) is 11.6. The molecule has 5 nitrogen and oxygen atoms in total. The fourth-order valence-electron chi connectivity index (χ4n) is 3.26. The van der Waals surface area contributed by atoms with Crippen molar-refractivity contribution >= 4 is 15.9 Å². The molecule has 158 valence electrons. The van der Waals surface area contributed by atoms with Gasteiger partial charge in [-0.25, -0.2) is 8.42 Å². The van der Waals surface area contributed by atoms with Crippen molar-refractivity contribution in [3.63, 3.8) is 0 Å². The summed E-state index contributed by atoms with van der Waals surface area (Å²) >= 11 is 0. The fraction of sp³-hybridized carbons (Fsp3) is 0.435. The lowest BCUT2D eigenvalue weighted by molar-refractivity contribution is -0.120. The number of aryl methyl sites for hydroxylation is 1. The SMILES string of the molecule is CCCN(CCC)S(=O)(=O)c1ccc(-c2ccc(CCCC(=O)NC)cc2)cc1. The Morgan fingerprint density at radius 2 is 1.41 bits per heavy atom. The minimum atomic E-state index is -3.45. The molecule has 0 spiro atoms. The Morgan fingerprint density at radius 3 is 1.90 bits per heavy atom. The van der Waals surface area contributed by atoms with Crippen LogP contribution >= 0.6 is 0 Å². The van der Waals surface area contributed by atoms with Gasteiger partial charge in [0.2, 0.25) is 15.9 Å². The molecule has 0 radical (unpaired) electrons. The lowest BCUT2D eigenvalue weighted by Crippen LogP contribution is -2.32. The zero-order valence-electron chi connectivity index (χ0n) is 17.6. The molecule has 0 unspecified atom stereocenters. The molecule has 6 heteroatoms. The molecule has 29 heavy (non-hydrogen) atoms. The van der Waals surface area contributed by atoms with E-state index in [-0.39, 0.29) is 5.91 Å². The zero-order valence-corrected chi connectivity index (χ0v) is 18.5. The molecule has 0 aliphatic carbocycles. The Labute approximate surface area is 175 Å². The van der Waals surface area contributed by atoms with E-state index in [2.05, 4.69) is 17.4 Å². The van der Waals surface area contributed by atoms with E-state index in [1.165, 1.54) is 5.56 Å². The Balaban J connectivity index is 2.08. The highest BCUT2D eigenvalue weighted by atomic mass is 32.2. The highest BCUT2D eigenvalue weighted by Gasteiger charge is 2.22. The highest BCUT2D eigenvalue weighted by Crippen LogP contribution is 2.24. The molecule has 0 atom stereocenters. The average molecular weight is 417 g/mol. The average Bonchev–Trinajstić information content (AvgIpc) is 2.74. The summed E-state index contributed by atoms with van der Waals surface area (Å²) in [6.45, 7) is 5.06. The van der Waals surface area contributed by atoms with E-state index in [9.17, 15) is 13.2 Å². The van der Waals surface area contributed by atoms with Crippen LogP contribution in [-0.4, -0.2) is 38.8 Å². The quantitative estimate of drug-likeness (QED) is 0.596. The standard InChI is InChI=1S/C23H32N2O3S/c1-4-17-25(18-5-2)29(27,28)22-15-13-21(14-16-22)20-11-9-19(10-12-20)7-6-8-23(26)24-3/h9-16H,4-8,17-18H2,1-3H3,(H,24,26). The highest BCUT2D eigenvalue weighted by molar-refractivity contribution is 7.89. The van der Waals surface area contributed by atoms with E-state index >= 15 is 0 Å². The summed E-state index contributed by atoms with van der Waals surface area (Å²) < 4.78 is 27.3. The molecule has 0 aliphatic heterocycles. The van der Waals surface area contributed by atoms with Crippen LogP contribution in [-0.2, 0) is 21.2 Å². The van der Waals surface area contributed by atoms with Gasteiger partial charge >= 0.3 is 0 Å². The topological polar surface area (TPSA) is 66.5 Å². The maximum absolute atomic E-state index is 12.9. The molecular formula is C23H32N2O3S. The maximum atomic E-state index is 12.9. The number of amides is 1. The predicted molar refractivity (Wildman–Crippen MR) is 118 cm³/mol. The number of sulfonamides is 1. The lowest BCUT2D eigenvalue weighted by atomic mass is 10.0. The largest absolute Gasteiger partial charge is 0.359 e. The molecular weight excluding hydrogens is 384 g/mol. The van der Waals surface area contributed by atoms with E-state index in [0.717, 1.165) is 36.8 Å². The van der Waals surface area contributed by atoms with E-state index in [0.29, 0.717) is 24.4 Å². The second-order valence-electron chi connectivity index (χ2n) is 7.15. The summed E-state index contributed by atoms with van der Waals surface area (Å²) in [5.41, 5.74) is 3.22. The molecule has 0 aromatic heterocycles. The molecule has 0 saturated carbocycles. The smallest absolute Gasteiger partial charge is 0.243 e. The van der Waals surface area contributed by atoms with Crippen LogP contribution in [0.2, 0.25) is 0 Å². The van der Waals surface area contributed by atoms with Crippen molar-refractivity contribution in [1.29, 1.82) is 0 Å². The van der Waals surface area contributed by atoms with Crippen molar-refractivity contribution in [3.8, 4) is 11.1 Å². The number of carbonyl (C=O) groups is 1. The van der Waals surface area contributed by atoms with Gasteiger partial charge in [-0.1, -0.05) is 50.2 Å². The van der Waals surface area contributed by atoms with Crippen LogP contribution in [0.25, 0.3) is 11.1 Å². The van der Waals surface area contributed by atoms with Gasteiger partial charge in [0.15, 0.2) is 0 Å². The van der Waals surface area contributed by atoms with Crippen molar-refractivity contribution in [2.45, 2.75) is 50.8 Å². The first-order valence-electron chi connectivity index (χ1n) is 10.3. The third-order valence-corrected chi connectivity index (χ3v) is 6.79. The summed E-state index contributed by atoms with van der Waals surface area (Å²) in [6, 6.07) is 15.3. The molecule has 2 aromatic rings. The Bertz CT molecular complexity index is 869. The first-order valence-corrected chi connectivity index (χ1v) is 11.8. The summed E-state index contributed by atoms with van der Waals surface area (Å²) in [7, 11) is -1.80. The molecule has 0 saturated heterocycles. The van der Waals surface area contributed by atoms with Gasteiger partial charge in [0.25, 0.3) is 0 Å². The van der Waals surface area contributed by atoms with Crippen molar-refractivity contribution in [3.05, 3.63) is 54.1 Å². The monoisotopic (exact) mass is 416 g/mol. The van der Waals surface area contributed by atoms with Crippen LogP contribution in [0.3, 0.4) is 0 Å².